The molecule has 4 aromatic rings. The highest BCUT2D eigenvalue weighted by atomic mass is 16.6. The molecule has 0 spiro atoms. The Hall–Kier alpha value is -3.74. The van der Waals surface area contributed by atoms with Crippen LogP contribution < -0.4 is 11.2 Å². The number of aromatic nitrogens is 2. The maximum Gasteiger partial charge on any atom is 0.330 e. The fourth-order valence-electron chi connectivity index (χ4n) is 5.02. The zero-order valence-electron chi connectivity index (χ0n) is 20.5. The summed E-state index contributed by atoms with van der Waals surface area (Å²) in [6, 6.07) is 30.7. The molecule has 0 radical (unpaired) electrons. The minimum Gasteiger partial charge on any atom is -0.358 e. The van der Waals surface area contributed by atoms with Gasteiger partial charge in [0.05, 0.1) is 12.7 Å². The minimum absolute atomic E-state index is 0.147. The van der Waals surface area contributed by atoms with E-state index in [9.17, 15) is 9.59 Å². The van der Waals surface area contributed by atoms with Gasteiger partial charge < -0.3 is 9.47 Å². The minimum atomic E-state index is -0.837. The maximum atomic E-state index is 12.5. The van der Waals surface area contributed by atoms with Crippen molar-refractivity contribution in [2.75, 3.05) is 6.61 Å². The first kappa shape index (κ1) is 24.0. The summed E-state index contributed by atoms with van der Waals surface area (Å²) < 4.78 is 14.8. The molecule has 0 aliphatic carbocycles. The molecule has 1 aliphatic heterocycles. The predicted molar refractivity (Wildman–Crippen MR) is 139 cm³/mol. The second-order valence-corrected chi connectivity index (χ2v) is 9.41. The van der Waals surface area contributed by atoms with Gasteiger partial charge in [-0.05, 0) is 36.0 Å². The predicted octanol–water partition coefficient (Wildman–Crippen LogP) is 4.78. The third-order valence-electron chi connectivity index (χ3n) is 7.00. The molecular formula is C30H30N2O4. The summed E-state index contributed by atoms with van der Waals surface area (Å²) in [5.41, 5.74) is 1.88. The fourth-order valence-corrected chi connectivity index (χ4v) is 5.02. The van der Waals surface area contributed by atoms with Crippen LogP contribution in [0.4, 0.5) is 0 Å². The van der Waals surface area contributed by atoms with Gasteiger partial charge in [0.25, 0.3) is 5.56 Å². The lowest BCUT2D eigenvalue weighted by atomic mass is 9.80. The summed E-state index contributed by atoms with van der Waals surface area (Å²) in [5.74, 6) is 0.147. The molecule has 0 saturated carbocycles. The zero-order valence-corrected chi connectivity index (χ0v) is 20.5. The number of benzene rings is 3. The molecule has 0 unspecified atom stereocenters. The van der Waals surface area contributed by atoms with Crippen LogP contribution in [-0.4, -0.2) is 22.3 Å². The van der Waals surface area contributed by atoms with E-state index in [-0.39, 0.29) is 17.6 Å². The van der Waals surface area contributed by atoms with Gasteiger partial charge in [-0.15, -0.1) is 0 Å². The van der Waals surface area contributed by atoms with Gasteiger partial charge in [-0.25, -0.2) is 4.79 Å². The van der Waals surface area contributed by atoms with E-state index in [2.05, 4.69) is 48.3 Å². The van der Waals surface area contributed by atoms with Crippen molar-refractivity contribution in [2.45, 2.75) is 38.2 Å². The summed E-state index contributed by atoms with van der Waals surface area (Å²) in [7, 11) is 0. The topological polar surface area (TPSA) is 73.3 Å². The zero-order chi connectivity index (χ0) is 25.1. The van der Waals surface area contributed by atoms with Gasteiger partial charge in [-0.3, -0.25) is 14.3 Å². The average Bonchev–Trinajstić information content (AvgIpc) is 3.28. The highest BCUT2D eigenvalue weighted by Gasteiger charge is 2.41. The van der Waals surface area contributed by atoms with Crippen molar-refractivity contribution in [1.82, 2.24) is 9.55 Å². The molecule has 2 heterocycles. The average molecular weight is 483 g/mol. The van der Waals surface area contributed by atoms with Gasteiger partial charge in [0, 0.05) is 11.8 Å². The van der Waals surface area contributed by atoms with Crippen LogP contribution in [0.2, 0.25) is 0 Å². The van der Waals surface area contributed by atoms with Crippen molar-refractivity contribution in [3.05, 3.63) is 140 Å². The molecule has 36 heavy (non-hydrogen) atoms. The Morgan fingerprint density at radius 1 is 0.889 bits per heavy atom. The Morgan fingerprint density at radius 3 is 1.89 bits per heavy atom. The quantitative estimate of drug-likeness (QED) is 0.385. The van der Waals surface area contributed by atoms with E-state index in [1.54, 1.807) is 13.1 Å². The molecule has 1 aliphatic rings. The second kappa shape index (κ2) is 10.1. The SMILES string of the molecule is Cc1cn([C@H]2C[C@@H](C)[C@@H](COC(c3ccccc3)(c3ccccc3)c3ccccc3)O2)c(=O)[nH]c1=O. The maximum absolute atomic E-state index is 12.5. The molecule has 3 aromatic carbocycles. The van der Waals surface area contributed by atoms with Crippen LogP contribution in [0.5, 0.6) is 0 Å². The van der Waals surface area contributed by atoms with Crippen LogP contribution in [0.25, 0.3) is 0 Å². The highest BCUT2D eigenvalue weighted by Crippen LogP contribution is 2.42. The Balaban J connectivity index is 1.50. The molecule has 1 N–H and O–H groups in total. The fraction of sp³-hybridized carbons (Fsp3) is 0.267. The van der Waals surface area contributed by atoms with E-state index >= 15 is 0 Å². The van der Waals surface area contributed by atoms with Crippen molar-refractivity contribution in [2.24, 2.45) is 5.92 Å². The third-order valence-corrected chi connectivity index (χ3v) is 7.00. The largest absolute Gasteiger partial charge is 0.358 e. The summed E-state index contributed by atoms with van der Waals surface area (Å²) >= 11 is 0. The molecule has 1 fully saturated rings. The van der Waals surface area contributed by atoms with Crippen molar-refractivity contribution in [3.63, 3.8) is 0 Å². The third kappa shape index (κ3) is 4.45. The molecule has 5 rings (SSSR count). The van der Waals surface area contributed by atoms with Crippen LogP contribution in [0, 0.1) is 12.8 Å². The molecule has 6 heteroatoms. The number of nitrogens with zero attached hydrogens (tertiary/aromatic N) is 1. The van der Waals surface area contributed by atoms with Crippen molar-refractivity contribution in [3.8, 4) is 0 Å². The van der Waals surface area contributed by atoms with Crippen LogP contribution in [0.3, 0.4) is 0 Å². The molecule has 3 atom stereocenters. The number of hydrogen-bond donors (Lipinski definition) is 1. The molecule has 6 nitrogen and oxygen atoms in total. The van der Waals surface area contributed by atoms with Gasteiger partial charge in [0.2, 0.25) is 0 Å². The van der Waals surface area contributed by atoms with Crippen LogP contribution in [-0.2, 0) is 15.1 Å². The summed E-state index contributed by atoms with van der Waals surface area (Å²) in [6.45, 7) is 4.11. The van der Waals surface area contributed by atoms with Gasteiger partial charge in [0.1, 0.15) is 11.8 Å². The van der Waals surface area contributed by atoms with Gasteiger partial charge in [-0.1, -0.05) is 97.9 Å². The van der Waals surface area contributed by atoms with E-state index in [4.69, 9.17) is 9.47 Å². The first-order valence-electron chi connectivity index (χ1n) is 12.3. The molecule has 1 aromatic heterocycles. The molecular weight excluding hydrogens is 452 g/mol. The van der Waals surface area contributed by atoms with Gasteiger partial charge >= 0.3 is 5.69 Å². The second-order valence-electron chi connectivity index (χ2n) is 9.41. The lowest BCUT2D eigenvalue weighted by Crippen LogP contribution is -2.37. The number of ether oxygens (including phenoxy) is 2. The Morgan fingerprint density at radius 2 is 1.39 bits per heavy atom. The highest BCUT2D eigenvalue weighted by molar-refractivity contribution is 5.47. The van der Waals surface area contributed by atoms with E-state index in [0.717, 1.165) is 16.7 Å². The van der Waals surface area contributed by atoms with Crippen LogP contribution in [0.1, 0.15) is 41.8 Å². The molecule has 0 bridgehead atoms. The summed E-state index contributed by atoms with van der Waals surface area (Å²) in [6.07, 6.45) is 1.53. The van der Waals surface area contributed by atoms with Crippen molar-refractivity contribution >= 4 is 0 Å². The Labute approximate surface area is 210 Å². The van der Waals surface area contributed by atoms with E-state index in [1.165, 1.54) is 4.57 Å². The number of hydrogen-bond acceptors (Lipinski definition) is 4. The number of aromatic amines is 1. The monoisotopic (exact) mass is 482 g/mol. The van der Waals surface area contributed by atoms with Gasteiger partial charge in [0.15, 0.2) is 0 Å². The Bertz CT molecular complexity index is 1320. The number of rotatable bonds is 7. The number of aryl methyl sites for hydroxylation is 1. The van der Waals surface area contributed by atoms with Crippen LogP contribution in [0.15, 0.2) is 107 Å². The first-order valence-corrected chi connectivity index (χ1v) is 12.3. The van der Waals surface area contributed by atoms with Gasteiger partial charge in [-0.2, -0.15) is 0 Å². The van der Waals surface area contributed by atoms with E-state index in [1.807, 2.05) is 54.6 Å². The lowest BCUT2D eigenvalue weighted by molar-refractivity contribution is -0.0836. The standard InChI is InChI=1S/C30H30N2O4/c1-21-18-27(32-19-22(2)28(33)31-29(32)34)36-26(21)20-35-30(23-12-6-3-7-13-23,24-14-8-4-9-15-24)25-16-10-5-11-17-25/h3-17,19,21,26-27H,18,20H2,1-2H3,(H,31,33,34)/t21-,26-,27-/m1/s1. The smallest absolute Gasteiger partial charge is 0.330 e. The summed E-state index contributed by atoms with van der Waals surface area (Å²) in [5, 5.41) is 0. The van der Waals surface area contributed by atoms with Crippen molar-refractivity contribution < 1.29 is 9.47 Å². The summed E-state index contributed by atoms with van der Waals surface area (Å²) in [4.78, 5) is 26.7. The number of nitrogens with one attached hydrogen (secondary N) is 1. The van der Waals surface area contributed by atoms with Crippen molar-refractivity contribution in [1.29, 1.82) is 0 Å². The molecule has 184 valence electrons. The van der Waals surface area contributed by atoms with E-state index in [0.29, 0.717) is 18.6 Å². The Kier molecular flexibility index (Phi) is 6.72. The number of H-pyrrole nitrogens is 1. The lowest BCUT2D eigenvalue weighted by Gasteiger charge is -2.37. The normalized spacial score (nSPS) is 19.9. The molecule has 1 saturated heterocycles. The van der Waals surface area contributed by atoms with Crippen LogP contribution >= 0.6 is 0 Å². The van der Waals surface area contributed by atoms with E-state index < -0.39 is 17.5 Å². The first-order chi connectivity index (χ1) is 17.5. The molecule has 0 amide bonds.